The molecule has 0 N–H and O–H groups in total. The molecule has 2 heterocycles. The molecule has 0 amide bonds. The van der Waals surface area contributed by atoms with Crippen molar-refractivity contribution in [1.29, 1.82) is 0 Å². The van der Waals surface area contributed by atoms with E-state index in [-0.39, 0.29) is 5.92 Å². The number of hydrogen-bond donors (Lipinski definition) is 0. The molecule has 290 valence electrons. The number of para-hydroxylation sites is 1. The van der Waals surface area contributed by atoms with Crippen molar-refractivity contribution in [3.05, 3.63) is 235 Å². The second-order valence-electron chi connectivity index (χ2n) is 16.8. The van der Waals surface area contributed by atoms with Gasteiger partial charge in [0.25, 0.3) is 0 Å². The van der Waals surface area contributed by atoms with Crippen molar-refractivity contribution >= 4 is 76.7 Å². The first-order valence-electron chi connectivity index (χ1n) is 21.6. The van der Waals surface area contributed by atoms with Crippen LogP contribution in [-0.4, -0.2) is 4.57 Å². The van der Waals surface area contributed by atoms with Crippen molar-refractivity contribution in [1.82, 2.24) is 4.57 Å². The van der Waals surface area contributed by atoms with Gasteiger partial charge in [-0.1, -0.05) is 170 Å². The third-order valence-electron chi connectivity index (χ3n) is 13.3. The third-order valence-corrected chi connectivity index (χ3v) is 13.3. The fourth-order valence-corrected chi connectivity index (χ4v) is 10.5. The topological polar surface area (TPSA) is 18.1 Å². The zero-order valence-electron chi connectivity index (χ0n) is 33.9. The van der Waals surface area contributed by atoms with Gasteiger partial charge in [0, 0.05) is 38.9 Å². The minimum atomic E-state index is 0.0874. The molecule has 2 heteroatoms. The fourth-order valence-electron chi connectivity index (χ4n) is 10.5. The number of nitrogens with zero attached hydrogens (tertiary/aromatic N) is 1. The monoisotopic (exact) mass is 789 g/mol. The van der Waals surface area contributed by atoms with Crippen LogP contribution < -0.4 is 0 Å². The van der Waals surface area contributed by atoms with Gasteiger partial charge in [0.05, 0.1) is 11.0 Å². The highest BCUT2D eigenvalue weighted by Gasteiger charge is 2.30. The van der Waals surface area contributed by atoms with Crippen LogP contribution in [0.2, 0.25) is 0 Å². The summed E-state index contributed by atoms with van der Waals surface area (Å²) < 4.78 is 9.69. The maximum Gasteiger partial charge on any atom is 0.142 e. The standard InChI is InChI=1S/C60H39NO/c1-4-16-38(17-5-1)42-33-51(40-20-8-3-9-21-40)59-55(35-42)56-36-43(39-18-6-2-7-19-39)34-52(60(56)62-59)41-28-31-58-54(32-41)50-26-14-15-27-57(50)61(58)44-29-30-49-47-24-11-10-22-45(47)46-23-12-13-25-48(46)53(49)37-44/h1-32,34-37,51H,33H2. The average molecular weight is 790 g/mol. The van der Waals surface area contributed by atoms with E-state index in [1.807, 2.05) is 0 Å². The summed E-state index contributed by atoms with van der Waals surface area (Å²) in [6.45, 7) is 0. The van der Waals surface area contributed by atoms with Crippen LogP contribution in [-0.2, 0) is 0 Å². The van der Waals surface area contributed by atoms with E-state index < -0.39 is 0 Å². The summed E-state index contributed by atoms with van der Waals surface area (Å²) in [4.78, 5) is 0. The van der Waals surface area contributed by atoms with E-state index in [4.69, 9.17) is 4.42 Å². The summed E-state index contributed by atoms with van der Waals surface area (Å²) in [7, 11) is 0. The van der Waals surface area contributed by atoms with Crippen LogP contribution in [0.3, 0.4) is 0 Å². The van der Waals surface area contributed by atoms with Gasteiger partial charge in [0.2, 0.25) is 0 Å². The van der Waals surface area contributed by atoms with Gasteiger partial charge in [-0.3, -0.25) is 0 Å². The van der Waals surface area contributed by atoms with Crippen LogP contribution >= 0.6 is 0 Å². The predicted molar refractivity (Wildman–Crippen MR) is 261 cm³/mol. The van der Waals surface area contributed by atoms with Gasteiger partial charge in [0.1, 0.15) is 11.3 Å². The fraction of sp³-hybridized carbons (Fsp3) is 0.0333. The lowest BCUT2D eigenvalue weighted by Crippen LogP contribution is -2.07. The Hall–Kier alpha value is -7.94. The summed E-state index contributed by atoms with van der Waals surface area (Å²) in [6.07, 6.45) is 3.26. The maximum atomic E-state index is 7.25. The van der Waals surface area contributed by atoms with E-state index in [1.54, 1.807) is 0 Å². The first kappa shape index (κ1) is 34.9. The van der Waals surface area contributed by atoms with Crippen LogP contribution in [0.15, 0.2) is 217 Å². The zero-order chi connectivity index (χ0) is 40.7. The second-order valence-corrected chi connectivity index (χ2v) is 16.8. The molecular weight excluding hydrogens is 751 g/mol. The number of rotatable bonds is 5. The Balaban J connectivity index is 1.05. The Morgan fingerprint density at radius 2 is 0.952 bits per heavy atom. The van der Waals surface area contributed by atoms with Crippen molar-refractivity contribution < 1.29 is 4.42 Å². The lowest BCUT2D eigenvalue weighted by Gasteiger charge is -2.23. The second kappa shape index (κ2) is 13.8. The highest BCUT2D eigenvalue weighted by atomic mass is 16.3. The molecular formula is C60H39NO. The molecule has 0 bridgehead atoms. The molecule has 1 atom stereocenters. The molecule has 0 radical (unpaired) electrons. The van der Waals surface area contributed by atoms with E-state index >= 15 is 0 Å². The number of hydrogen-bond acceptors (Lipinski definition) is 1. The van der Waals surface area contributed by atoms with Crippen LogP contribution in [0.5, 0.6) is 0 Å². The smallest absolute Gasteiger partial charge is 0.142 e. The molecule has 0 aliphatic heterocycles. The molecule has 10 aromatic carbocycles. The lowest BCUT2D eigenvalue weighted by molar-refractivity contribution is 0.519. The molecule has 2 aromatic heterocycles. The van der Waals surface area contributed by atoms with Crippen LogP contribution in [0.25, 0.3) is 105 Å². The molecule has 13 rings (SSSR count). The first-order chi connectivity index (χ1) is 30.7. The summed E-state index contributed by atoms with van der Waals surface area (Å²) in [5, 5.41) is 11.2. The average Bonchev–Trinajstić information content (AvgIpc) is 3.90. The highest BCUT2D eigenvalue weighted by molar-refractivity contribution is 6.25. The SMILES string of the molecule is C1=C(c2ccccc2)CC(c2ccccc2)c2oc3c(-c4ccc5c(c4)c4ccccc4n5-c4ccc5c6ccccc6c6ccccc6c5c4)cc(-c4ccccc4)cc3c21. The molecule has 0 spiro atoms. The highest BCUT2D eigenvalue weighted by Crippen LogP contribution is 2.49. The van der Waals surface area contributed by atoms with Gasteiger partial charge < -0.3 is 8.98 Å². The van der Waals surface area contributed by atoms with Gasteiger partial charge in [0.15, 0.2) is 0 Å². The van der Waals surface area contributed by atoms with Crippen molar-refractivity contribution in [2.75, 3.05) is 0 Å². The number of fused-ring (bicyclic) bond motifs is 12. The van der Waals surface area contributed by atoms with E-state index in [1.165, 1.54) is 87.5 Å². The van der Waals surface area contributed by atoms with Crippen molar-refractivity contribution in [2.24, 2.45) is 0 Å². The van der Waals surface area contributed by atoms with Crippen LogP contribution in [0.4, 0.5) is 0 Å². The Morgan fingerprint density at radius 1 is 0.387 bits per heavy atom. The third kappa shape index (κ3) is 5.36. The molecule has 0 saturated heterocycles. The Kier molecular flexibility index (Phi) is 7.77. The number of aromatic nitrogens is 1. The molecule has 1 unspecified atom stereocenters. The summed E-state index contributed by atoms with van der Waals surface area (Å²) in [6, 6.07) is 77.6. The molecule has 0 fully saturated rings. The Labute approximate surface area is 359 Å². The Morgan fingerprint density at radius 3 is 1.66 bits per heavy atom. The molecule has 0 saturated carbocycles. The minimum Gasteiger partial charge on any atom is -0.459 e. The van der Waals surface area contributed by atoms with Crippen LogP contribution in [0, 0.1) is 0 Å². The predicted octanol–water partition coefficient (Wildman–Crippen LogP) is 16.4. The van der Waals surface area contributed by atoms with E-state index in [2.05, 4.69) is 223 Å². The summed E-state index contributed by atoms with van der Waals surface area (Å²) >= 11 is 0. The largest absolute Gasteiger partial charge is 0.459 e. The number of benzene rings is 10. The van der Waals surface area contributed by atoms with Crippen molar-refractivity contribution in [2.45, 2.75) is 12.3 Å². The Bertz CT molecular complexity index is 3720. The van der Waals surface area contributed by atoms with Gasteiger partial charge in [-0.05, 0) is 121 Å². The van der Waals surface area contributed by atoms with E-state index in [9.17, 15) is 0 Å². The quantitative estimate of drug-likeness (QED) is 0.159. The minimum absolute atomic E-state index is 0.0874. The van der Waals surface area contributed by atoms with E-state index in [0.29, 0.717) is 0 Å². The van der Waals surface area contributed by atoms with Crippen molar-refractivity contribution in [3.63, 3.8) is 0 Å². The van der Waals surface area contributed by atoms with Crippen LogP contribution in [0.1, 0.15) is 34.8 Å². The van der Waals surface area contributed by atoms with Gasteiger partial charge >= 0.3 is 0 Å². The molecule has 12 aromatic rings. The van der Waals surface area contributed by atoms with Gasteiger partial charge in [-0.25, -0.2) is 0 Å². The molecule has 2 nitrogen and oxygen atoms in total. The zero-order valence-corrected chi connectivity index (χ0v) is 33.9. The normalized spacial score (nSPS) is 14.0. The van der Waals surface area contributed by atoms with Crippen molar-refractivity contribution in [3.8, 4) is 27.9 Å². The molecule has 1 aliphatic carbocycles. The molecule has 1 aliphatic rings. The van der Waals surface area contributed by atoms with E-state index in [0.717, 1.165) is 40.0 Å². The maximum absolute atomic E-state index is 7.25. The summed E-state index contributed by atoms with van der Waals surface area (Å²) in [5.41, 5.74) is 14.0. The molecule has 62 heavy (non-hydrogen) atoms. The number of furan rings is 1. The number of allylic oxidation sites excluding steroid dienone is 1. The van der Waals surface area contributed by atoms with Gasteiger partial charge in [-0.15, -0.1) is 0 Å². The first-order valence-corrected chi connectivity index (χ1v) is 21.6. The van der Waals surface area contributed by atoms with Gasteiger partial charge in [-0.2, -0.15) is 0 Å². The lowest BCUT2D eigenvalue weighted by atomic mass is 9.80. The summed E-state index contributed by atoms with van der Waals surface area (Å²) in [5.74, 6) is 1.12.